The average Bonchev–Trinajstić information content (AvgIpc) is 3.11. The minimum atomic E-state index is -4.09. The van der Waals surface area contributed by atoms with E-state index in [1.54, 1.807) is 0 Å². The highest BCUT2D eigenvalue weighted by molar-refractivity contribution is 7.89. The maximum absolute atomic E-state index is 13.0. The molecule has 2 amide bonds. The van der Waals surface area contributed by atoms with Crippen LogP contribution in [0.15, 0.2) is 35.5 Å². The Morgan fingerprint density at radius 3 is 2.59 bits per heavy atom. The fraction of sp³-hybridized carbons (Fsp3) is 0.412. The largest absolute Gasteiger partial charge is 0.353 e. The molecule has 1 aromatic rings. The SMILES string of the molecule is O=C(C[C@@H]1C(=O)NC=CN1S(=O)(=O)c1ccc(Cl)c(Cl)c1)NC1CCCC1. The van der Waals surface area contributed by atoms with Gasteiger partial charge in [0.1, 0.15) is 6.04 Å². The molecule has 2 N–H and O–H groups in total. The van der Waals surface area contributed by atoms with Gasteiger partial charge in [0.2, 0.25) is 11.8 Å². The van der Waals surface area contributed by atoms with Gasteiger partial charge in [-0.25, -0.2) is 8.42 Å². The van der Waals surface area contributed by atoms with Crippen molar-refractivity contribution in [3.63, 3.8) is 0 Å². The van der Waals surface area contributed by atoms with Crippen LogP contribution in [-0.4, -0.2) is 36.6 Å². The quantitative estimate of drug-likeness (QED) is 0.747. The van der Waals surface area contributed by atoms with Gasteiger partial charge in [0.25, 0.3) is 10.0 Å². The molecule has 0 radical (unpaired) electrons. The molecule has 27 heavy (non-hydrogen) atoms. The molecule has 146 valence electrons. The van der Waals surface area contributed by atoms with Crippen molar-refractivity contribution in [2.24, 2.45) is 0 Å². The lowest BCUT2D eigenvalue weighted by Crippen LogP contribution is -2.51. The van der Waals surface area contributed by atoms with Gasteiger partial charge >= 0.3 is 0 Å². The van der Waals surface area contributed by atoms with Gasteiger partial charge in [0.05, 0.1) is 21.4 Å². The number of hydrogen-bond acceptors (Lipinski definition) is 4. The van der Waals surface area contributed by atoms with Crippen molar-refractivity contribution >= 4 is 45.0 Å². The molecule has 0 unspecified atom stereocenters. The normalized spacial score (nSPS) is 20.6. The lowest BCUT2D eigenvalue weighted by Gasteiger charge is -2.31. The molecule has 1 aliphatic heterocycles. The summed E-state index contributed by atoms with van der Waals surface area (Å²) in [6, 6.07) is 2.79. The zero-order chi connectivity index (χ0) is 19.6. The molecule has 7 nitrogen and oxygen atoms in total. The van der Waals surface area contributed by atoms with Gasteiger partial charge in [0.15, 0.2) is 0 Å². The molecule has 1 fully saturated rings. The number of rotatable bonds is 5. The zero-order valence-corrected chi connectivity index (χ0v) is 16.6. The lowest BCUT2D eigenvalue weighted by molar-refractivity contribution is -0.129. The Kier molecular flexibility index (Phi) is 5.98. The number of benzene rings is 1. The molecule has 1 atom stereocenters. The predicted molar refractivity (Wildman–Crippen MR) is 102 cm³/mol. The molecule has 10 heteroatoms. The van der Waals surface area contributed by atoms with Gasteiger partial charge in [0, 0.05) is 18.4 Å². The van der Waals surface area contributed by atoms with Crippen LogP contribution in [-0.2, 0) is 19.6 Å². The molecular formula is C17H19Cl2N3O4S. The van der Waals surface area contributed by atoms with Crippen LogP contribution in [0.5, 0.6) is 0 Å². The fourth-order valence-corrected chi connectivity index (χ4v) is 5.07. The van der Waals surface area contributed by atoms with Crippen LogP contribution in [0, 0.1) is 0 Å². The van der Waals surface area contributed by atoms with Crippen LogP contribution >= 0.6 is 23.2 Å². The number of amides is 2. The molecule has 2 aliphatic rings. The number of nitrogens with zero attached hydrogens (tertiary/aromatic N) is 1. The standard InChI is InChI=1S/C17H19Cl2N3O4S/c18-13-6-5-12(9-14(13)19)27(25,26)22-8-7-20-17(24)15(22)10-16(23)21-11-3-1-2-4-11/h5-9,11,15H,1-4,10H2,(H,20,24)(H,21,23)/t15-/m1/s1. The second-order valence-corrected chi connectivity index (χ2v) is 9.16. The number of carbonyl (C=O) groups excluding carboxylic acids is 2. The van der Waals surface area contributed by atoms with Crippen molar-refractivity contribution in [1.82, 2.24) is 14.9 Å². The van der Waals surface area contributed by atoms with Gasteiger partial charge < -0.3 is 10.6 Å². The van der Waals surface area contributed by atoms with Crippen molar-refractivity contribution in [3.8, 4) is 0 Å². The fourth-order valence-electron chi connectivity index (χ4n) is 3.23. The van der Waals surface area contributed by atoms with E-state index in [1.807, 2.05) is 0 Å². The van der Waals surface area contributed by atoms with E-state index in [2.05, 4.69) is 10.6 Å². The van der Waals surface area contributed by atoms with Gasteiger partial charge in [-0.1, -0.05) is 36.0 Å². The molecule has 0 spiro atoms. The number of halogens is 2. The minimum absolute atomic E-state index is 0.0821. The summed E-state index contributed by atoms with van der Waals surface area (Å²) in [4.78, 5) is 24.5. The maximum atomic E-state index is 13.0. The molecule has 0 aromatic heterocycles. The number of carbonyl (C=O) groups is 2. The summed E-state index contributed by atoms with van der Waals surface area (Å²) >= 11 is 11.8. The average molecular weight is 432 g/mol. The van der Waals surface area contributed by atoms with Crippen LogP contribution in [0.4, 0.5) is 0 Å². The summed E-state index contributed by atoms with van der Waals surface area (Å²) in [6.07, 6.45) is 6.08. The second-order valence-electron chi connectivity index (χ2n) is 6.50. The van der Waals surface area contributed by atoms with Gasteiger partial charge in [-0.3, -0.25) is 13.9 Å². The summed E-state index contributed by atoms with van der Waals surface area (Å²) in [5.74, 6) is -0.922. The molecule has 1 heterocycles. The Morgan fingerprint density at radius 2 is 1.93 bits per heavy atom. The molecule has 1 saturated carbocycles. The van der Waals surface area contributed by atoms with E-state index < -0.39 is 22.0 Å². The smallest absolute Gasteiger partial charge is 0.264 e. The maximum Gasteiger partial charge on any atom is 0.264 e. The van der Waals surface area contributed by atoms with Crippen LogP contribution in [0.1, 0.15) is 32.1 Å². The van der Waals surface area contributed by atoms with Crippen LogP contribution in [0.3, 0.4) is 0 Å². The van der Waals surface area contributed by atoms with Crippen molar-refractivity contribution in [2.75, 3.05) is 0 Å². The van der Waals surface area contributed by atoms with Gasteiger partial charge in [-0.05, 0) is 31.0 Å². The first-order valence-electron chi connectivity index (χ1n) is 8.54. The third-order valence-corrected chi connectivity index (χ3v) is 7.14. The van der Waals surface area contributed by atoms with E-state index in [0.29, 0.717) is 0 Å². The molecule has 0 bridgehead atoms. The Bertz CT molecular complexity index is 882. The van der Waals surface area contributed by atoms with E-state index in [4.69, 9.17) is 23.2 Å². The second kappa shape index (κ2) is 8.08. The number of nitrogens with one attached hydrogen (secondary N) is 2. The Balaban J connectivity index is 1.83. The Labute approximate surface area is 167 Å². The van der Waals surface area contributed by atoms with Crippen LogP contribution in [0.2, 0.25) is 10.0 Å². The third-order valence-electron chi connectivity index (χ3n) is 4.62. The highest BCUT2D eigenvalue weighted by atomic mass is 35.5. The zero-order valence-electron chi connectivity index (χ0n) is 14.3. The van der Waals surface area contributed by atoms with E-state index in [1.165, 1.54) is 30.6 Å². The highest BCUT2D eigenvalue weighted by Crippen LogP contribution is 2.28. The van der Waals surface area contributed by atoms with E-state index in [-0.39, 0.29) is 33.3 Å². The highest BCUT2D eigenvalue weighted by Gasteiger charge is 2.37. The Hall–Kier alpha value is -1.77. The van der Waals surface area contributed by atoms with E-state index in [0.717, 1.165) is 30.0 Å². The lowest BCUT2D eigenvalue weighted by atomic mass is 10.1. The summed E-state index contributed by atoms with van der Waals surface area (Å²) in [7, 11) is -4.09. The summed E-state index contributed by atoms with van der Waals surface area (Å²) in [6.45, 7) is 0. The van der Waals surface area contributed by atoms with Crippen molar-refractivity contribution in [3.05, 3.63) is 40.6 Å². The topological polar surface area (TPSA) is 95.6 Å². The summed E-state index contributed by atoms with van der Waals surface area (Å²) in [5.41, 5.74) is 0. The molecule has 1 aromatic carbocycles. The monoisotopic (exact) mass is 431 g/mol. The molecule has 1 aliphatic carbocycles. The Morgan fingerprint density at radius 1 is 1.22 bits per heavy atom. The van der Waals surface area contributed by atoms with E-state index in [9.17, 15) is 18.0 Å². The summed E-state index contributed by atoms with van der Waals surface area (Å²) in [5, 5.41) is 5.62. The third kappa shape index (κ3) is 4.39. The first-order valence-corrected chi connectivity index (χ1v) is 10.7. The first kappa shape index (κ1) is 20.0. The van der Waals surface area contributed by atoms with Gasteiger partial charge in [-0.15, -0.1) is 0 Å². The van der Waals surface area contributed by atoms with Crippen molar-refractivity contribution in [2.45, 2.75) is 49.1 Å². The molecular weight excluding hydrogens is 413 g/mol. The summed E-state index contributed by atoms with van der Waals surface area (Å²) < 4.78 is 26.9. The van der Waals surface area contributed by atoms with Crippen LogP contribution in [0.25, 0.3) is 0 Å². The predicted octanol–water partition coefficient (Wildman–Crippen LogP) is 2.40. The van der Waals surface area contributed by atoms with Crippen molar-refractivity contribution in [1.29, 1.82) is 0 Å². The van der Waals surface area contributed by atoms with Crippen molar-refractivity contribution < 1.29 is 18.0 Å². The molecule has 3 rings (SSSR count). The number of sulfonamides is 1. The first-order chi connectivity index (χ1) is 12.8. The molecule has 0 saturated heterocycles. The van der Waals surface area contributed by atoms with Crippen LogP contribution < -0.4 is 10.6 Å². The minimum Gasteiger partial charge on any atom is -0.353 e. The van der Waals surface area contributed by atoms with E-state index >= 15 is 0 Å². The number of hydrogen-bond donors (Lipinski definition) is 2. The van der Waals surface area contributed by atoms with Gasteiger partial charge in [-0.2, -0.15) is 0 Å².